The fraction of sp³-hybridized carbons (Fsp3) is 0.467. The fourth-order valence-corrected chi connectivity index (χ4v) is 3.27. The second-order valence-electron chi connectivity index (χ2n) is 5.37. The van der Waals surface area contributed by atoms with Crippen molar-refractivity contribution in [1.82, 2.24) is 0 Å². The first-order chi connectivity index (χ1) is 9.43. The Balaban J connectivity index is 2.45. The van der Waals surface area contributed by atoms with Crippen molar-refractivity contribution in [2.45, 2.75) is 19.8 Å². The Morgan fingerprint density at radius 2 is 2.10 bits per heavy atom. The predicted octanol–water partition coefficient (Wildman–Crippen LogP) is 1.60. The Labute approximate surface area is 116 Å². The first-order valence-electron chi connectivity index (χ1n) is 6.60. The van der Waals surface area contributed by atoms with Crippen LogP contribution in [0.1, 0.15) is 19.8 Å². The van der Waals surface area contributed by atoms with Crippen molar-refractivity contribution >= 4 is 11.9 Å². The van der Waals surface area contributed by atoms with Crippen molar-refractivity contribution in [2.75, 3.05) is 6.61 Å². The van der Waals surface area contributed by atoms with E-state index >= 15 is 0 Å². The smallest absolute Gasteiger partial charge is 0.331 e. The number of aliphatic carboxylic acids is 2. The van der Waals surface area contributed by atoms with Crippen LogP contribution >= 0.6 is 0 Å². The van der Waals surface area contributed by atoms with E-state index in [1.165, 1.54) is 12.2 Å². The molecule has 3 atom stereocenters. The van der Waals surface area contributed by atoms with E-state index in [0.29, 0.717) is 12.8 Å². The minimum atomic E-state index is -1.25. The number of aliphatic hydroxyl groups excluding tert-OH is 1. The van der Waals surface area contributed by atoms with Gasteiger partial charge < -0.3 is 15.3 Å². The predicted molar refractivity (Wildman–Crippen MR) is 72.0 cm³/mol. The number of hydrogen-bond donors (Lipinski definition) is 3. The van der Waals surface area contributed by atoms with Crippen LogP contribution in [0.15, 0.2) is 35.5 Å². The van der Waals surface area contributed by atoms with E-state index in [1.807, 2.05) is 0 Å². The maximum absolute atomic E-state index is 11.9. The molecule has 0 saturated heterocycles. The molecule has 0 bridgehead atoms. The van der Waals surface area contributed by atoms with Gasteiger partial charge in [-0.15, -0.1) is 0 Å². The molecule has 0 fully saturated rings. The van der Waals surface area contributed by atoms with Crippen LogP contribution < -0.4 is 0 Å². The van der Waals surface area contributed by atoms with Crippen molar-refractivity contribution in [3.8, 4) is 0 Å². The zero-order valence-electron chi connectivity index (χ0n) is 11.2. The van der Waals surface area contributed by atoms with Crippen molar-refractivity contribution in [3.63, 3.8) is 0 Å². The second-order valence-corrected chi connectivity index (χ2v) is 5.37. The summed E-state index contributed by atoms with van der Waals surface area (Å²) in [7, 11) is 0. The Morgan fingerprint density at radius 1 is 1.40 bits per heavy atom. The molecule has 0 spiro atoms. The van der Waals surface area contributed by atoms with Gasteiger partial charge in [0.1, 0.15) is 0 Å². The summed E-state index contributed by atoms with van der Waals surface area (Å²) < 4.78 is 0. The maximum atomic E-state index is 11.9. The molecule has 0 aromatic rings. The van der Waals surface area contributed by atoms with Crippen molar-refractivity contribution in [1.29, 1.82) is 0 Å². The fourth-order valence-electron chi connectivity index (χ4n) is 3.27. The topological polar surface area (TPSA) is 94.8 Å². The van der Waals surface area contributed by atoms with Gasteiger partial charge in [0, 0.05) is 11.5 Å². The van der Waals surface area contributed by atoms with Gasteiger partial charge in [-0.05, 0) is 24.3 Å². The highest BCUT2D eigenvalue weighted by Gasteiger charge is 2.51. The summed E-state index contributed by atoms with van der Waals surface area (Å²) >= 11 is 0. The molecule has 0 aromatic carbocycles. The normalized spacial score (nSPS) is 32.7. The van der Waals surface area contributed by atoms with E-state index < -0.39 is 23.3 Å². The van der Waals surface area contributed by atoms with Crippen LogP contribution in [0, 0.1) is 17.3 Å². The number of rotatable bonds is 4. The number of carboxylic acid groups (broad SMARTS) is 2. The lowest BCUT2D eigenvalue weighted by atomic mass is 9.62. The lowest BCUT2D eigenvalue weighted by molar-refractivity contribution is -0.151. The summed E-state index contributed by atoms with van der Waals surface area (Å²) in [5.74, 6) is -3.02. The first-order valence-corrected chi connectivity index (χ1v) is 6.60. The quantitative estimate of drug-likeness (QED) is 0.679. The van der Waals surface area contributed by atoms with Crippen LogP contribution in [0.25, 0.3) is 0 Å². The van der Waals surface area contributed by atoms with Gasteiger partial charge in [-0.1, -0.05) is 31.2 Å². The number of aliphatic hydroxyl groups is 1. The molecule has 2 aliphatic carbocycles. The SMILES string of the molecule is CC1C(C(=O)O)=CC=CC1(C(=O)O)C1C=C(CO)CC1. The number of carbonyl (C=O) groups is 2. The third-order valence-electron chi connectivity index (χ3n) is 4.48. The highest BCUT2D eigenvalue weighted by Crippen LogP contribution is 2.49. The van der Waals surface area contributed by atoms with Crippen LogP contribution in [0.2, 0.25) is 0 Å². The molecule has 0 saturated carbocycles. The molecule has 0 amide bonds. The van der Waals surface area contributed by atoms with Crippen molar-refractivity contribution < 1.29 is 24.9 Å². The maximum Gasteiger partial charge on any atom is 0.331 e. The van der Waals surface area contributed by atoms with Gasteiger partial charge in [0.05, 0.1) is 12.0 Å². The van der Waals surface area contributed by atoms with Crippen molar-refractivity contribution in [2.24, 2.45) is 17.3 Å². The Bertz CT molecular complexity index is 528. The molecule has 3 unspecified atom stereocenters. The molecule has 5 heteroatoms. The average Bonchev–Trinajstić information content (AvgIpc) is 2.87. The van der Waals surface area contributed by atoms with E-state index in [0.717, 1.165) is 5.57 Å². The summed E-state index contributed by atoms with van der Waals surface area (Å²) in [6, 6.07) is 0. The molecule has 20 heavy (non-hydrogen) atoms. The third kappa shape index (κ3) is 2.08. The highest BCUT2D eigenvalue weighted by molar-refractivity contribution is 5.91. The van der Waals surface area contributed by atoms with E-state index in [1.54, 1.807) is 19.1 Å². The van der Waals surface area contributed by atoms with Crippen LogP contribution in [-0.2, 0) is 9.59 Å². The van der Waals surface area contributed by atoms with Crippen molar-refractivity contribution in [3.05, 3.63) is 35.5 Å². The van der Waals surface area contributed by atoms with Gasteiger partial charge in [0.25, 0.3) is 0 Å². The summed E-state index contributed by atoms with van der Waals surface area (Å²) in [4.78, 5) is 23.1. The largest absolute Gasteiger partial charge is 0.481 e. The molecule has 0 heterocycles. The molecule has 5 nitrogen and oxygen atoms in total. The van der Waals surface area contributed by atoms with E-state index in [4.69, 9.17) is 0 Å². The molecule has 108 valence electrons. The second kappa shape index (κ2) is 5.25. The van der Waals surface area contributed by atoms with Gasteiger partial charge in [-0.3, -0.25) is 4.79 Å². The van der Waals surface area contributed by atoms with Crippen LogP contribution in [0.5, 0.6) is 0 Å². The Hall–Kier alpha value is -1.88. The summed E-state index contributed by atoms with van der Waals surface area (Å²) in [6.45, 7) is 1.56. The van der Waals surface area contributed by atoms with E-state index in [2.05, 4.69) is 0 Å². The summed E-state index contributed by atoms with van der Waals surface area (Å²) in [5.41, 5.74) is -0.317. The first kappa shape index (κ1) is 14.5. The minimum absolute atomic E-state index is 0.0775. The molecule has 0 aliphatic heterocycles. The Morgan fingerprint density at radius 3 is 2.60 bits per heavy atom. The zero-order chi connectivity index (χ0) is 14.9. The molecule has 2 aliphatic rings. The molecular weight excluding hydrogens is 260 g/mol. The van der Waals surface area contributed by atoms with Crippen LogP contribution in [0.3, 0.4) is 0 Å². The minimum Gasteiger partial charge on any atom is -0.481 e. The summed E-state index contributed by atoms with van der Waals surface area (Å²) in [5, 5.41) is 28.1. The Kier molecular flexibility index (Phi) is 3.81. The lowest BCUT2D eigenvalue weighted by Gasteiger charge is -2.39. The highest BCUT2D eigenvalue weighted by atomic mass is 16.4. The van der Waals surface area contributed by atoms with E-state index in [9.17, 15) is 24.9 Å². The molecule has 0 aromatic heterocycles. The molecule has 0 radical (unpaired) electrons. The van der Waals surface area contributed by atoms with Gasteiger partial charge in [-0.25, -0.2) is 4.79 Å². The van der Waals surface area contributed by atoms with Gasteiger partial charge in [-0.2, -0.15) is 0 Å². The average molecular weight is 278 g/mol. The van der Waals surface area contributed by atoms with Gasteiger partial charge >= 0.3 is 11.9 Å². The zero-order valence-corrected chi connectivity index (χ0v) is 11.2. The number of carboxylic acids is 2. The molecule has 3 N–H and O–H groups in total. The van der Waals surface area contributed by atoms with Crippen LogP contribution in [-0.4, -0.2) is 33.9 Å². The monoisotopic (exact) mass is 278 g/mol. The number of hydrogen-bond acceptors (Lipinski definition) is 3. The summed E-state index contributed by atoms with van der Waals surface area (Å²) in [6.07, 6.45) is 7.63. The number of allylic oxidation sites excluding steroid dienone is 3. The molecule has 2 rings (SSSR count). The van der Waals surface area contributed by atoms with Gasteiger partial charge in [0.2, 0.25) is 0 Å². The molecular formula is C15H18O5. The lowest BCUT2D eigenvalue weighted by Crippen LogP contribution is -2.44. The standard InChI is InChI=1S/C15H18O5/c1-9-12(13(17)18)3-2-6-15(9,14(19)20)11-5-4-10(7-11)8-16/h2-3,6-7,9,11,16H,4-5,8H2,1H3,(H,17,18)(H,19,20). The van der Waals surface area contributed by atoms with E-state index in [-0.39, 0.29) is 18.1 Å². The van der Waals surface area contributed by atoms with Crippen LogP contribution in [0.4, 0.5) is 0 Å². The third-order valence-corrected chi connectivity index (χ3v) is 4.48. The van der Waals surface area contributed by atoms with Gasteiger partial charge in [0.15, 0.2) is 0 Å².